The molecule has 20 heavy (non-hydrogen) atoms. The highest BCUT2D eigenvalue weighted by Gasteiger charge is 2.13. The summed E-state index contributed by atoms with van der Waals surface area (Å²) in [5.74, 6) is 2.40. The van der Waals surface area contributed by atoms with Crippen molar-refractivity contribution in [2.24, 2.45) is 0 Å². The fraction of sp³-hybridized carbons (Fsp3) is 0.571. The van der Waals surface area contributed by atoms with E-state index in [1.54, 1.807) is 0 Å². The van der Waals surface area contributed by atoms with Gasteiger partial charge in [-0.3, -0.25) is 4.79 Å². The van der Waals surface area contributed by atoms with Gasteiger partial charge in [-0.25, -0.2) is 4.68 Å². The van der Waals surface area contributed by atoms with Crippen molar-refractivity contribution in [3.63, 3.8) is 0 Å². The van der Waals surface area contributed by atoms with Crippen molar-refractivity contribution in [1.29, 1.82) is 0 Å². The highest BCUT2D eigenvalue weighted by molar-refractivity contribution is 6.33. The predicted octanol–water partition coefficient (Wildman–Crippen LogP) is 1.67. The molecule has 110 valence electrons. The van der Waals surface area contributed by atoms with Crippen LogP contribution in [0.1, 0.15) is 20.8 Å². The van der Waals surface area contributed by atoms with Crippen molar-refractivity contribution < 1.29 is 0 Å². The van der Waals surface area contributed by atoms with Crippen molar-refractivity contribution in [2.75, 3.05) is 25.0 Å². The zero-order chi connectivity index (χ0) is 15.1. The van der Waals surface area contributed by atoms with Gasteiger partial charge in [0.1, 0.15) is 12.2 Å². The van der Waals surface area contributed by atoms with E-state index in [0.717, 1.165) is 19.6 Å². The van der Waals surface area contributed by atoms with Gasteiger partial charge in [0, 0.05) is 12.6 Å². The van der Waals surface area contributed by atoms with Gasteiger partial charge in [-0.1, -0.05) is 31.4 Å². The molecular formula is C14H21ClN4O. The van der Waals surface area contributed by atoms with Crippen LogP contribution >= 0.6 is 11.6 Å². The number of aromatic nitrogens is 2. The number of hydrogen-bond donors (Lipinski definition) is 1. The van der Waals surface area contributed by atoms with E-state index < -0.39 is 0 Å². The summed E-state index contributed by atoms with van der Waals surface area (Å²) >= 11 is 6.05. The van der Waals surface area contributed by atoms with Crippen molar-refractivity contribution in [2.45, 2.75) is 33.4 Å². The summed E-state index contributed by atoms with van der Waals surface area (Å²) in [5.41, 5.74) is 0.0680. The van der Waals surface area contributed by atoms with E-state index in [2.05, 4.69) is 35.1 Å². The first-order valence-corrected chi connectivity index (χ1v) is 7.09. The molecule has 0 aliphatic carbocycles. The minimum absolute atomic E-state index is 0.0989. The van der Waals surface area contributed by atoms with Gasteiger partial charge in [0.2, 0.25) is 0 Å². The third-order valence-corrected chi connectivity index (χ3v) is 3.34. The predicted molar refractivity (Wildman–Crippen MR) is 83.2 cm³/mol. The average molecular weight is 297 g/mol. The first-order chi connectivity index (χ1) is 9.53. The highest BCUT2D eigenvalue weighted by atomic mass is 35.5. The van der Waals surface area contributed by atoms with E-state index in [-0.39, 0.29) is 18.1 Å². The standard InChI is InChI=1S/C14H21ClN4O/c1-5-8-19-14(20)13(12(15)9-16-19)17-11(4)10-18(6-2)7-3/h1,9,11,17H,6-8,10H2,2-4H3. The summed E-state index contributed by atoms with van der Waals surface area (Å²) in [5, 5.41) is 7.38. The lowest BCUT2D eigenvalue weighted by atomic mass is 10.3. The van der Waals surface area contributed by atoms with Crippen molar-refractivity contribution >= 4 is 17.3 Å². The monoisotopic (exact) mass is 296 g/mol. The second-order valence-corrected chi connectivity index (χ2v) is 4.97. The Morgan fingerprint density at radius 1 is 1.55 bits per heavy atom. The van der Waals surface area contributed by atoms with Crippen LogP contribution < -0.4 is 10.9 Å². The van der Waals surface area contributed by atoms with Crippen LogP contribution in [0.3, 0.4) is 0 Å². The number of hydrogen-bond acceptors (Lipinski definition) is 4. The smallest absolute Gasteiger partial charge is 0.292 e. The maximum absolute atomic E-state index is 12.2. The fourth-order valence-corrected chi connectivity index (χ4v) is 2.14. The van der Waals surface area contributed by atoms with E-state index in [9.17, 15) is 4.79 Å². The molecule has 0 aliphatic heterocycles. The third-order valence-electron chi connectivity index (χ3n) is 3.06. The second-order valence-electron chi connectivity index (χ2n) is 4.57. The van der Waals surface area contributed by atoms with Crippen molar-refractivity contribution in [3.8, 4) is 12.3 Å². The van der Waals surface area contributed by atoms with E-state index in [0.29, 0.717) is 10.7 Å². The van der Waals surface area contributed by atoms with Gasteiger partial charge in [0.25, 0.3) is 5.56 Å². The molecule has 1 N–H and O–H groups in total. The minimum Gasteiger partial charge on any atom is -0.376 e. The van der Waals surface area contributed by atoms with Crippen LogP contribution in [-0.2, 0) is 6.54 Å². The Balaban J connectivity index is 2.89. The summed E-state index contributed by atoms with van der Waals surface area (Å²) < 4.78 is 1.22. The quantitative estimate of drug-likeness (QED) is 0.778. The number of anilines is 1. The molecule has 5 nitrogen and oxygen atoms in total. The SMILES string of the molecule is C#CCn1ncc(Cl)c(NC(C)CN(CC)CC)c1=O. The van der Waals surface area contributed by atoms with Gasteiger partial charge < -0.3 is 10.2 Å². The van der Waals surface area contributed by atoms with Crippen LogP contribution in [0.15, 0.2) is 11.0 Å². The third kappa shape index (κ3) is 4.26. The van der Waals surface area contributed by atoms with E-state index >= 15 is 0 Å². The normalized spacial score (nSPS) is 12.2. The first kappa shape index (κ1) is 16.5. The summed E-state index contributed by atoms with van der Waals surface area (Å²) in [6.07, 6.45) is 6.65. The molecular weight excluding hydrogens is 276 g/mol. The molecule has 0 aliphatic rings. The summed E-state index contributed by atoms with van der Waals surface area (Å²) in [6.45, 7) is 9.13. The Morgan fingerprint density at radius 2 is 2.20 bits per heavy atom. The Morgan fingerprint density at radius 3 is 2.75 bits per heavy atom. The zero-order valence-corrected chi connectivity index (χ0v) is 12.9. The Labute approximate surface area is 124 Å². The summed E-state index contributed by atoms with van der Waals surface area (Å²) in [7, 11) is 0. The average Bonchev–Trinajstić information content (AvgIpc) is 2.44. The van der Waals surface area contributed by atoms with Gasteiger partial charge in [-0.05, 0) is 20.0 Å². The largest absolute Gasteiger partial charge is 0.376 e. The lowest BCUT2D eigenvalue weighted by molar-refractivity contribution is 0.294. The second kappa shape index (κ2) is 7.93. The van der Waals surface area contributed by atoms with Crippen molar-refractivity contribution in [3.05, 3.63) is 21.6 Å². The van der Waals surface area contributed by atoms with Crippen LogP contribution in [0.5, 0.6) is 0 Å². The Kier molecular flexibility index (Phi) is 6.56. The number of halogens is 1. The van der Waals surface area contributed by atoms with Crippen LogP contribution in [-0.4, -0.2) is 40.4 Å². The molecule has 0 amide bonds. The van der Waals surface area contributed by atoms with Crippen molar-refractivity contribution in [1.82, 2.24) is 14.7 Å². The molecule has 0 aromatic carbocycles. The molecule has 0 saturated carbocycles. The lowest BCUT2D eigenvalue weighted by Crippen LogP contribution is -2.37. The van der Waals surface area contributed by atoms with E-state index in [4.69, 9.17) is 18.0 Å². The maximum atomic E-state index is 12.2. The van der Waals surface area contributed by atoms with Crippen LogP contribution in [0.2, 0.25) is 5.02 Å². The molecule has 1 atom stereocenters. The molecule has 1 rings (SSSR count). The molecule has 1 unspecified atom stereocenters. The Hall–Kier alpha value is -1.51. The minimum atomic E-state index is -0.290. The van der Waals surface area contributed by atoms with Crippen LogP contribution in [0, 0.1) is 12.3 Å². The van der Waals surface area contributed by atoms with Gasteiger partial charge >= 0.3 is 0 Å². The van der Waals surface area contributed by atoms with Gasteiger partial charge in [0.15, 0.2) is 0 Å². The Bertz CT molecular complexity index is 531. The fourth-order valence-electron chi connectivity index (χ4n) is 1.96. The van der Waals surface area contributed by atoms with Gasteiger partial charge in [0.05, 0.1) is 11.2 Å². The number of nitrogens with zero attached hydrogens (tertiary/aromatic N) is 3. The number of terminal acetylenes is 1. The topological polar surface area (TPSA) is 50.2 Å². The molecule has 1 aromatic heterocycles. The van der Waals surface area contributed by atoms with Gasteiger partial charge in [-0.2, -0.15) is 5.10 Å². The molecule has 0 radical (unpaired) electrons. The van der Waals surface area contributed by atoms with Crippen LogP contribution in [0.25, 0.3) is 0 Å². The maximum Gasteiger partial charge on any atom is 0.292 e. The number of likely N-dealkylation sites (N-methyl/N-ethyl adjacent to an activating group) is 1. The van der Waals surface area contributed by atoms with Gasteiger partial charge in [-0.15, -0.1) is 6.42 Å². The van der Waals surface area contributed by atoms with E-state index in [1.165, 1.54) is 10.9 Å². The number of nitrogens with one attached hydrogen (secondary N) is 1. The number of rotatable bonds is 7. The molecule has 0 fully saturated rings. The zero-order valence-electron chi connectivity index (χ0n) is 12.2. The molecule has 1 aromatic rings. The lowest BCUT2D eigenvalue weighted by Gasteiger charge is -2.24. The summed E-state index contributed by atoms with van der Waals surface area (Å²) in [6, 6.07) is 0.0989. The highest BCUT2D eigenvalue weighted by Crippen LogP contribution is 2.16. The van der Waals surface area contributed by atoms with Crippen LogP contribution in [0.4, 0.5) is 5.69 Å². The first-order valence-electron chi connectivity index (χ1n) is 6.71. The molecule has 0 saturated heterocycles. The summed E-state index contributed by atoms with van der Waals surface area (Å²) in [4.78, 5) is 14.5. The molecule has 6 heteroatoms. The molecule has 0 bridgehead atoms. The molecule has 0 spiro atoms. The molecule has 1 heterocycles. The van der Waals surface area contributed by atoms with E-state index in [1.807, 2.05) is 6.92 Å².